The fourth-order valence-electron chi connectivity index (χ4n) is 3.65. The molecule has 0 aliphatic heterocycles. The molecular weight excluding hydrogens is 408 g/mol. The second-order valence-corrected chi connectivity index (χ2v) is 9.16. The number of hydrogen-bond acceptors (Lipinski definition) is 4. The lowest BCUT2D eigenvalue weighted by molar-refractivity contribution is -0.130. The van der Waals surface area contributed by atoms with Crippen LogP contribution in [0, 0.1) is 5.92 Å². The zero-order valence-corrected chi connectivity index (χ0v) is 19.7. The van der Waals surface area contributed by atoms with Crippen molar-refractivity contribution in [3.8, 4) is 5.75 Å². The van der Waals surface area contributed by atoms with Crippen LogP contribution in [0.15, 0.2) is 54.6 Å². The van der Waals surface area contributed by atoms with Gasteiger partial charge in [0.1, 0.15) is 11.8 Å². The maximum Gasteiger partial charge on any atom is 0.242 e. The van der Waals surface area contributed by atoms with Crippen molar-refractivity contribution in [1.82, 2.24) is 10.6 Å². The van der Waals surface area contributed by atoms with Crippen molar-refractivity contribution in [3.63, 3.8) is 0 Å². The third-order valence-corrected chi connectivity index (χ3v) is 5.92. The highest BCUT2D eigenvalue weighted by atomic mass is 32.1. The van der Waals surface area contributed by atoms with E-state index >= 15 is 0 Å². The second kappa shape index (κ2) is 11.8. The molecule has 0 heterocycles. The summed E-state index contributed by atoms with van der Waals surface area (Å²) in [7, 11) is 3.19. The van der Waals surface area contributed by atoms with E-state index in [1.807, 2.05) is 42.5 Å². The van der Waals surface area contributed by atoms with E-state index in [9.17, 15) is 9.59 Å². The molecule has 2 atom stereocenters. The van der Waals surface area contributed by atoms with E-state index < -0.39 is 10.8 Å². The summed E-state index contributed by atoms with van der Waals surface area (Å²) in [4.78, 5) is 25.9. The fourth-order valence-corrected chi connectivity index (χ4v) is 4.19. The number of methoxy groups -OCH3 is 1. The molecule has 2 aromatic rings. The maximum atomic E-state index is 13.4. The fraction of sp³-hybridized carbons (Fsp3) is 0.440. The van der Waals surface area contributed by atoms with Gasteiger partial charge >= 0.3 is 0 Å². The molecule has 0 radical (unpaired) electrons. The van der Waals surface area contributed by atoms with Gasteiger partial charge in [-0.05, 0) is 48.4 Å². The summed E-state index contributed by atoms with van der Waals surface area (Å²) in [6.45, 7) is 4.16. The zero-order valence-electron chi connectivity index (χ0n) is 18.9. The summed E-state index contributed by atoms with van der Waals surface area (Å²) in [6, 6.07) is 16.9. The van der Waals surface area contributed by atoms with Crippen LogP contribution in [-0.4, -0.2) is 36.8 Å². The summed E-state index contributed by atoms with van der Waals surface area (Å²) in [5.74, 6) is 0.602. The first-order chi connectivity index (χ1) is 14.8. The first-order valence-electron chi connectivity index (χ1n) is 10.7. The van der Waals surface area contributed by atoms with Crippen LogP contribution in [0.5, 0.6) is 5.75 Å². The van der Waals surface area contributed by atoms with E-state index in [-0.39, 0.29) is 11.8 Å². The smallest absolute Gasteiger partial charge is 0.242 e. The molecule has 0 aliphatic carbocycles. The summed E-state index contributed by atoms with van der Waals surface area (Å²) < 4.78 is 4.33. The van der Waals surface area contributed by atoms with E-state index in [0.29, 0.717) is 25.2 Å². The molecule has 0 saturated carbocycles. The Hall–Kier alpha value is -2.47. The molecule has 0 saturated heterocycles. The lowest BCUT2D eigenvalue weighted by atomic mass is 9.89. The van der Waals surface area contributed by atoms with Crippen LogP contribution in [0.2, 0.25) is 0 Å². The highest BCUT2D eigenvalue weighted by Crippen LogP contribution is 2.30. The van der Waals surface area contributed by atoms with Crippen LogP contribution in [0.3, 0.4) is 0 Å². The van der Waals surface area contributed by atoms with Crippen LogP contribution in [-0.2, 0) is 22.4 Å². The Labute approximate surface area is 191 Å². The van der Waals surface area contributed by atoms with Crippen molar-refractivity contribution in [3.05, 3.63) is 65.7 Å². The Kier molecular flexibility index (Phi) is 9.44. The van der Waals surface area contributed by atoms with E-state index in [0.717, 1.165) is 17.7 Å². The van der Waals surface area contributed by atoms with Crippen LogP contribution in [0.1, 0.15) is 37.8 Å². The van der Waals surface area contributed by atoms with E-state index in [4.69, 9.17) is 17.4 Å². The Morgan fingerprint density at radius 3 is 2.23 bits per heavy atom. The topological polar surface area (TPSA) is 67.4 Å². The standard InChI is InChI=1S/C25H34N2O3S/c1-18(2)17-25(31,15-14-19-8-6-5-7-9-19)24(29)27-22(23(28)26-3)16-20-10-12-21(30-4)13-11-20/h5-13,18,22,31H,14-17H2,1-4H3,(H,26,28)(H,27,29)/t22-,25?/m0/s1. The number of rotatable bonds is 11. The van der Waals surface area contributed by atoms with E-state index in [1.54, 1.807) is 14.2 Å². The molecule has 2 amide bonds. The monoisotopic (exact) mass is 442 g/mol. The Morgan fingerprint density at radius 2 is 1.68 bits per heavy atom. The normalized spacial score (nSPS) is 13.9. The van der Waals surface area contributed by atoms with Gasteiger partial charge in [-0.1, -0.05) is 56.3 Å². The SMILES string of the molecule is CNC(=O)[C@H](Cc1ccc(OC)cc1)NC(=O)C(S)(CCc1ccccc1)CC(C)C. The number of carbonyl (C=O) groups excluding carboxylic acids is 2. The molecule has 0 bridgehead atoms. The summed E-state index contributed by atoms with van der Waals surface area (Å²) in [5.41, 5.74) is 2.10. The molecule has 2 rings (SSSR count). The van der Waals surface area contributed by atoms with Crippen molar-refractivity contribution in [2.45, 2.75) is 50.3 Å². The number of thiol groups is 1. The van der Waals surface area contributed by atoms with E-state index in [1.165, 1.54) is 5.56 Å². The van der Waals surface area contributed by atoms with Crippen LogP contribution in [0.4, 0.5) is 0 Å². The minimum Gasteiger partial charge on any atom is -0.497 e. The van der Waals surface area contributed by atoms with Crippen LogP contribution in [0.25, 0.3) is 0 Å². The van der Waals surface area contributed by atoms with Gasteiger partial charge in [-0.15, -0.1) is 0 Å². The first-order valence-corrected chi connectivity index (χ1v) is 11.1. The molecule has 168 valence electrons. The van der Waals surface area contributed by atoms with Crippen molar-refractivity contribution < 1.29 is 14.3 Å². The average molecular weight is 443 g/mol. The van der Waals surface area contributed by atoms with E-state index in [2.05, 4.69) is 36.6 Å². The zero-order chi connectivity index (χ0) is 22.9. The van der Waals surface area contributed by atoms with Gasteiger partial charge in [0.25, 0.3) is 0 Å². The minimum absolute atomic E-state index is 0.206. The number of ether oxygens (including phenoxy) is 1. The Bertz CT molecular complexity index is 840. The quantitative estimate of drug-likeness (QED) is 0.464. The molecule has 0 spiro atoms. The van der Waals surface area contributed by atoms with Gasteiger partial charge in [0, 0.05) is 13.5 Å². The van der Waals surface area contributed by atoms with Gasteiger partial charge < -0.3 is 15.4 Å². The molecule has 2 aromatic carbocycles. The van der Waals surface area contributed by atoms with Crippen molar-refractivity contribution in [1.29, 1.82) is 0 Å². The van der Waals surface area contributed by atoms with Crippen molar-refractivity contribution >= 4 is 24.4 Å². The number of likely N-dealkylation sites (N-methyl/N-ethyl adjacent to an activating group) is 1. The summed E-state index contributed by atoms with van der Waals surface area (Å²) in [5, 5.41) is 5.63. The molecule has 0 fully saturated rings. The molecular formula is C25H34N2O3S. The van der Waals surface area contributed by atoms with Gasteiger partial charge in [0.05, 0.1) is 11.9 Å². The number of amides is 2. The molecule has 2 N–H and O–H groups in total. The Balaban J connectivity index is 2.16. The molecule has 0 aliphatic rings. The van der Waals surface area contributed by atoms with Crippen molar-refractivity contribution in [2.24, 2.45) is 5.92 Å². The summed E-state index contributed by atoms with van der Waals surface area (Å²) >= 11 is 4.85. The van der Waals surface area contributed by atoms with Crippen LogP contribution >= 0.6 is 12.6 Å². The highest BCUT2D eigenvalue weighted by Gasteiger charge is 2.37. The molecule has 1 unspecified atom stereocenters. The van der Waals surface area contributed by atoms with Gasteiger partial charge in [-0.25, -0.2) is 0 Å². The average Bonchev–Trinajstić information content (AvgIpc) is 2.77. The van der Waals surface area contributed by atoms with Crippen molar-refractivity contribution in [2.75, 3.05) is 14.2 Å². The highest BCUT2D eigenvalue weighted by molar-refractivity contribution is 7.82. The molecule has 5 nitrogen and oxygen atoms in total. The first kappa shape index (κ1) is 24.8. The Morgan fingerprint density at radius 1 is 1.03 bits per heavy atom. The maximum absolute atomic E-state index is 13.4. The lowest BCUT2D eigenvalue weighted by Gasteiger charge is -2.31. The number of carbonyl (C=O) groups is 2. The third kappa shape index (κ3) is 7.62. The van der Waals surface area contributed by atoms with Gasteiger partial charge in [0.2, 0.25) is 11.8 Å². The number of nitrogens with one attached hydrogen (secondary N) is 2. The molecule has 31 heavy (non-hydrogen) atoms. The number of hydrogen-bond donors (Lipinski definition) is 3. The number of benzene rings is 2. The van der Waals surface area contributed by atoms with Gasteiger partial charge in [-0.2, -0.15) is 12.6 Å². The molecule has 6 heteroatoms. The number of aryl methyl sites for hydroxylation is 1. The molecule has 0 aromatic heterocycles. The second-order valence-electron chi connectivity index (χ2n) is 8.31. The third-order valence-electron chi connectivity index (χ3n) is 5.31. The largest absolute Gasteiger partial charge is 0.497 e. The lowest BCUT2D eigenvalue weighted by Crippen LogP contribution is -2.53. The predicted octanol–water partition coefficient (Wildman–Crippen LogP) is 3.82. The minimum atomic E-state index is -0.865. The van der Waals surface area contributed by atoms with Gasteiger partial charge in [0.15, 0.2) is 0 Å². The summed E-state index contributed by atoms with van der Waals surface area (Å²) in [6.07, 6.45) is 2.35. The predicted molar refractivity (Wildman–Crippen MR) is 129 cm³/mol. The van der Waals surface area contributed by atoms with Crippen LogP contribution < -0.4 is 15.4 Å². The van der Waals surface area contributed by atoms with Gasteiger partial charge in [-0.3, -0.25) is 9.59 Å².